The molecule has 0 spiro atoms. The largest absolute Gasteiger partial charge is 0.456 e. The van der Waals surface area contributed by atoms with E-state index in [1.165, 1.54) is 32.8 Å². The van der Waals surface area contributed by atoms with Crippen molar-refractivity contribution in [2.75, 3.05) is 0 Å². The molecule has 55 heavy (non-hydrogen) atoms. The lowest BCUT2D eigenvalue weighted by molar-refractivity contribution is 0.467. The summed E-state index contributed by atoms with van der Waals surface area (Å²) in [5.41, 5.74) is 10.8. The Bertz CT molecular complexity index is 3040. The van der Waals surface area contributed by atoms with E-state index in [9.17, 15) is 0 Å². The summed E-state index contributed by atoms with van der Waals surface area (Å²) in [6, 6.07) is 63.4. The second kappa shape index (κ2) is 12.6. The van der Waals surface area contributed by atoms with E-state index in [-0.39, 0.29) is 0 Å². The van der Waals surface area contributed by atoms with Gasteiger partial charge < -0.3 is 9.30 Å². The van der Waals surface area contributed by atoms with Crippen LogP contribution < -0.4 is 4.74 Å². The van der Waals surface area contributed by atoms with Crippen molar-refractivity contribution in [1.82, 2.24) is 19.5 Å². The van der Waals surface area contributed by atoms with Crippen LogP contribution >= 0.6 is 0 Å². The third kappa shape index (κ3) is 5.28. The molecule has 0 amide bonds. The fourth-order valence-corrected chi connectivity index (χ4v) is 8.09. The maximum absolute atomic E-state index is 6.78. The minimum Gasteiger partial charge on any atom is -0.456 e. The topological polar surface area (TPSA) is 52.8 Å². The summed E-state index contributed by atoms with van der Waals surface area (Å²) in [5.74, 6) is 3.79. The van der Waals surface area contributed by atoms with Crippen LogP contribution in [0.3, 0.4) is 0 Å². The molecule has 10 aromatic rings. The molecular weight excluding hydrogens is 673 g/mol. The van der Waals surface area contributed by atoms with Gasteiger partial charge in [-0.25, -0.2) is 15.0 Å². The predicted octanol–water partition coefficient (Wildman–Crippen LogP) is 12.5. The Balaban J connectivity index is 1.04. The van der Waals surface area contributed by atoms with Gasteiger partial charge in [0.25, 0.3) is 0 Å². The molecule has 1 aliphatic heterocycles. The van der Waals surface area contributed by atoms with Gasteiger partial charge in [0, 0.05) is 56.1 Å². The zero-order chi connectivity index (χ0) is 36.3. The number of nitrogens with zero attached hydrogens (tertiary/aromatic N) is 4. The van der Waals surface area contributed by atoms with Gasteiger partial charge in [-0.15, -0.1) is 0 Å². The molecule has 5 heteroatoms. The average molecular weight is 705 g/mol. The quantitative estimate of drug-likeness (QED) is 0.179. The molecule has 8 aromatic carbocycles. The highest BCUT2D eigenvalue weighted by atomic mass is 16.5. The van der Waals surface area contributed by atoms with Crippen molar-refractivity contribution in [3.63, 3.8) is 0 Å². The van der Waals surface area contributed by atoms with Crippen LogP contribution in [0.1, 0.15) is 11.1 Å². The standard InChI is InChI=1S/C50H32N4O/c1-3-14-33(15-4-1)48-51-49(34-16-5-2-6-17-34)53-50(52-48)38-20-11-18-35(29-38)36-19-12-21-39(30-36)54-44-24-10-9-23-41(44)42-27-28-45-43(46(42)54)31-37-26-25-32-13-7-8-22-40(32)47(37)55-45/h1-30H,31H2. The number of para-hydroxylation sites is 1. The van der Waals surface area contributed by atoms with E-state index < -0.39 is 0 Å². The Morgan fingerprint density at radius 1 is 0.436 bits per heavy atom. The van der Waals surface area contributed by atoms with Crippen LogP contribution in [0, 0.1) is 0 Å². The summed E-state index contributed by atoms with van der Waals surface area (Å²) in [4.78, 5) is 14.9. The molecule has 2 aromatic heterocycles. The summed E-state index contributed by atoms with van der Waals surface area (Å²) in [7, 11) is 0. The number of aromatic nitrogens is 4. The molecule has 258 valence electrons. The van der Waals surface area contributed by atoms with Gasteiger partial charge in [-0.1, -0.05) is 146 Å². The predicted molar refractivity (Wildman–Crippen MR) is 223 cm³/mol. The van der Waals surface area contributed by atoms with Crippen LogP contribution in [-0.4, -0.2) is 19.5 Å². The fraction of sp³-hybridized carbons (Fsp3) is 0.0200. The Kier molecular flexibility index (Phi) is 7.17. The molecule has 0 atom stereocenters. The van der Waals surface area contributed by atoms with E-state index in [1.807, 2.05) is 60.7 Å². The number of hydrogen-bond acceptors (Lipinski definition) is 4. The maximum Gasteiger partial charge on any atom is 0.164 e. The fourth-order valence-electron chi connectivity index (χ4n) is 8.09. The molecule has 1 aliphatic rings. The van der Waals surface area contributed by atoms with E-state index in [2.05, 4.69) is 126 Å². The van der Waals surface area contributed by atoms with E-state index in [0.29, 0.717) is 17.5 Å². The van der Waals surface area contributed by atoms with Gasteiger partial charge in [0.2, 0.25) is 0 Å². The number of rotatable bonds is 5. The van der Waals surface area contributed by atoms with E-state index in [1.54, 1.807) is 0 Å². The lowest BCUT2D eigenvalue weighted by atomic mass is 9.95. The molecule has 0 saturated carbocycles. The lowest BCUT2D eigenvalue weighted by Gasteiger charge is -2.23. The van der Waals surface area contributed by atoms with Crippen molar-refractivity contribution in [1.29, 1.82) is 0 Å². The van der Waals surface area contributed by atoms with Crippen LogP contribution in [0.15, 0.2) is 182 Å². The minimum atomic E-state index is 0.632. The monoisotopic (exact) mass is 704 g/mol. The number of fused-ring (bicyclic) bond motifs is 8. The number of ether oxygens (including phenoxy) is 1. The van der Waals surface area contributed by atoms with Crippen LogP contribution in [-0.2, 0) is 6.42 Å². The molecular formula is C50H32N4O. The normalized spacial score (nSPS) is 12.1. The van der Waals surface area contributed by atoms with Crippen LogP contribution in [0.5, 0.6) is 11.5 Å². The van der Waals surface area contributed by atoms with E-state index in [4.69, 9.17) is 19.7 Å². The third-order valence-electron chi connectivity index (χ3n) is 10.7. The summed E-state index contributed by atoms with van der Waals surface area (Å²) in [5, 5.41) is 4.76. The van der Waals surface area contributed by atoms with Gasteiger partial charge in [0.15, 0.2) is 17.5 Å². The molecule has 3 heterocycles. The molecule has 11 rings (SSSR count). The van der Waals surface area contributed by atoms with Crippen molar-refractivity contribution in [3.05, 3.63) is 193 Å². The maximum atomic E-state index is 6.78. The number of benzene rings is 8. The second-order valence-corrected chi connectivity index (χ2v) is 14.0. The van der Waals surface area contributed by atoms with Crippen LogP contribution in [0.2, 0.25) is 0 Å². The first kappa shape index (κ1) is 31.2. The minimum absolute atomic E-state index is 0.632. The zero-order valence-electron chi connectivity index (χ0n) is 29.7. The van der Waals surface area contributed by atoms with Gasteiger partial charge >= 0.3 is 0 Å². The summed E-state index contributed by atoms with van der Waals surface area (Å²) in [6.45, 7) is 0. The van der Waals surface area contributed by atoms with Gasteiger partial charge in [-0.3, -0.25) is 0 Å². The van der Waals surface area contributed by atoms with Crippen LogP contribution in [0.4, 0.5) is 0 Å². The van der Waals surface area contributed by atoms with E-state index in [0.717, 1.165) is 62.3 Å². The van der Waals surface area contributed by atoms with Crippen molar-refractivity contribution < 1.29 is 4.74 Å². The average Bonchev–Trinajstić information content (AvgIpc) is 3.61. The van der Waals surface area contributed by atoms with Gasteiger partial charge in [0.1, 0.15) is 11.5 Å². The molecule has 0 bridgehead atoms. The van der Waals surface area contributed by atoms with Crippen molar-refractivity contribution in [3.8, 4) is 62.5 Å². The number of hydrogen-bond donors (Lipinski definition) is 0. The van der Waals surface area contributed by atoms with Crippen LogP contribution in [0.25, 0.3) is 83.6 Å². The van der Waals surface area contributed by atoms with Crippen molar-refractivity contribution >= 4 is 32.6 Å². The highest BCUT2D eigenvalue weighted by molar-refractivity contribution is 6.11. The lowest BCUT2D eigenvalue weighted by Crippen LogP contribution is -2.06. The second-order valence-electron chi connectivity index (χ2n) is 14.0. The first-order valence-corrected chi connectivity index (χ1v) is 18.6. The van der Waals surface area contributed by atoms with Gasteiger partial charge in [0.05, 0.1) is 11.0 Å². The SMILES string of the molecule is c1ccc(-c2nc(-c3ccccc3)nc(-c3cccc(-c4cccc(-n5c6ccccc6c6ccc7c(c65)Cc5ccc6ccccc6c5O7)c4)c3)n2)cc1. The Morgan fingerprint density at radius 2 is 1.04 bits per heavy atom. The van der Waals surface area contributed by atoms with E-state index >= 15 is 0 Å². The Morgan fingerprint density at radius 3 is 1.80 bits per heavy atom. The highest BCUT2D eigenvalue weighted by Gasteiger charge is 2.25. The van der Waals surface area contributed by atoms with Crippen molar-refractivity contribution in [2.24, 2.45) is 0 Å². The third-order valence-corrected chi connectivity index (χ3v) is 10.7. The highest BCUT2D eigenvalue weighted by Crippen LogP contribution is 2.46. The summed E-state index contributed by atoms with van der Waals surface area (Å²) >= 11 is 0. The molecule has 0 radical (unpaired) electrons. The smallest absolute Gasteiger partial charge is 0.164 e. The molecule has 0 unspecified atom stereocenters. The molecule has 0 aliphatic carbocycles. The Labute approximate surface area is 317 Å². The molecule has 5 nitrogen and oxygen atoms in total. The van der Waals surface area contributed by atoms with Crippen molar-refractivity contribution in [2.45, 2.75) is 6.42 Å². The summed E-state index contributed by atoms with van der Waals surface area (Å²) in [6.07, 6.45) is 0.784. The first-order valence-electron chi connectivity index (χ1n) is 18.6. The molecule has 0 saturated heterocycles. The zero-order valence-corrected chi connectivity index (χ0v) is 29.7. The first-order chi connectivity index (χ1) is 27.2. The molecule has 0 N–H and O–H groups in total. The Hall–Kier alpha value is -7.37. The summed E-state index contributed by atoms with van der Waals surface area (Å²) < 4.78 is 9.19. The van der Waals surface area contributed by atoms with Gasteiger partial charge in [-0.2, -0.15) is 0 Å². The molecule has 0 fully saturated rings. The van der Waals surface area contributed by atoms with Gasteiger partial charge in [-0.05, 0) is 52.9 Å².